The first-order chi connectivity index (χ1) is 12.6. The van der Waals surface area contributed by atoms with Crippen LogP contribution in [0.25, 0.3) is 0 Å². The van der Waals surface area contributed by atoms with Crippen LogP contribution in [-0.2, 0) is 11.3 Å². The third-order valence-electron chi connectivity index (χ3n) is 4.71. The van der Waals surface area contributed by atoms with Crippen molar-refractivity contribution in [2.24, 2.45) is 0 Å². The van der Waals surface area contributed by atoms with Crippen molar-refractivity contribution in [1.29, 1.82) is 0 Å². The molecule has 1 aliphatic carbocycles. The lowest BCUT2D eigenvalue weighted by Gasteiger charge is -2.35. The molecule has 7 nitrogen and oxygen atoms in total. The number of piperazine rings is 1. The lowest BCUT2D eigenvalue weighted by atomic mass is 10.0. The molecule has 1 aromatic heterocycles. The second-order valence-electron chi connectivity index (χ2n) is 6.69. The molecule has 1 aliphatic heterocycles. The van der Waals surface area contributed by atoms with Crippen molar-refractivity contribution in [2.75, 3.05) is 13.1 Å². The molecule has 4 rings (SSSR count). The highest BCUT2D eigenvalue weighted by Gasteiger charge is 2.34. The molecule has 0 spiro atoms. The Hall–Kier alpha value is -2.90. The molecule has 2 heterocycles. The Morgan fingerprint density at radius 1 is 1.35 bits per heavy atom. The third-order valence-corrected chi connectivity index (χ3v) is 4.71. The topological polar surface area (TPSA) is 90.1 Å². The van der Waals surface area contributed by atoms with Gasteiger partial charge in [-0.25, -0.2) is 9.18 Å². The number of hydrogen-bond donors (Lipinski definition) is 3. The highest BCUT2D eigenvalue weighted by Crippen LogP contribution is 2.39. The van der Waals surface area contributed by atoms with Gasteiger partial charge in [-0.2, -0.15) is 5.10 Å². The summed E-state index contributed by atoms with van der Waals surface area (Å²) in [7, 11) is 0. The average molecular weight is 357 g/mol. The highest BCUT2D eigenvalue weighted by molar-refractivity contribution is 5.89. The Morgan fingerprint density at radius 2 is 2.19 bits per heavy atom. The molecule has 3 amide bonds. The van der Waals surface area contributed by atoms with Gasteiger partial charge in [0.15, 0.2) is 0 Å². The summed E-state index contributed by atoms with van der Waals surface area (Å²) in [6, 6.07) is 6.53. The van der Waals surface area contributed by atoms with Crippen LogP contribution in [-0.4, -0.2) is 40.1 Å². The normalized spacial score (nSPS) is 20.0. The number of carbonyl (C=O) groups is 2. The van der Waals surface area contributed by atoms with Crippen LogP contribution >= 0.6 is 0 Å². The van der Waals surface area contributed by atoms with Gasteiger partial charge in [-0.1, -0.05) is 12.1 Å². The van der Waals surface area contributed by atoms with Crippen molar-refractivity contribution in [3.8, 4) is 0 Å². The number of H-pyrrole nitrogens is 1. The van der Waals surface area contributed by atoms with E-state index < -0.39 is 11.9 Å². The highest BCUT2D eigenvalue weighted by atomic mass is 19.1. The molecule has 1 aromatic carbocycles. The molecule has 2 aliphatic rings. The molecule has 26 heavy (non-hydrogen) atoms. The minimum Gasteiger partial charge on any atom is -0.352 e. The molecule has 136 valence electrons. The zero-order valence-corrected chi connectivity index (χ0v) is 14.2. The molecule has 0 bridgehead atoms. The number of carbonyl (C=O) groups excluding carboxylic acids is 2. The molecular formula is C18H20FN5O2. The van der Waals surface area contributed by atoms with Gasteiger partial charge in [0.05, 0.1) is 17.9 Å². The van der Waals surface area contributed by atoms with Crippen LogP contribution < -0.4 is 10.6 Å². The molecule has 1 saturated carbocycles. The van der Waals surface area contributed by atoms with Crippen molar-refractivity contribution in [1.82, 2.24) is 25.7 Å². The van der Waals surface area contributed by atoms with Gasteiger partial charge >= 0.3 is 6.03 Å². The van der Waals surface area contributed by atoms with Crippen LogP contribution in [0, 0.1) is 5.82 Å². The number of nitrogens with zero attached hydrogens (tertiary/aromatic N) is 2. The van der Waals surface area contributed by atoms with Gasteiger partial charge in [-0.05, 0) is 36.6 Å². The second kappa shape index (κ2) is 6.78. The van der Waals surface area contributed by atoms with E-state index in [4.69, 9.17) is 0 Å². The lowest BCUT2D eigenvalue weighted by Crippen LogP contribution is -2.54. The molecule has 0 unspecified atom stereocenters. The van der Waals surface area contributed by atoms with Crippen LogP contribution in [0.1, 0.15) is 41.8 Å². The van der Waals surface area contributed by atoms with Gasteiger partial charge in [0, 0.05) is 19.0 Å². The fourth-order valence-corrected chi connectivity index (χ4v) is 3.22. The SMILES string of the molecule is O=C1NCCN(C(=O)NCc2cc(C3CC3)n[nH]2)[C@H]1c1cccc(F)c1. The molecule has 2 fully saturated rings. The number of amides is 3. The summed E-state index contributed by atoms with van der Waals surface area (Å²) in [6.45, 7) is 1.02. The second-order valence-corrected chi connectivity index (χ2v) is 6.69. The fraction of sp³-hybridized carbons (Fsp3) is 0.389. The van der Waals surface area contributed by atoms with E-state index in [9.17, 15) is 14.0 Å². The van der Waals surface area contributed by atoms with Gasteiger partial charge in [0.2, 0.25) is 5.91 Å². The first-order valence-electron chi connectivity index (χ1n) is 8.73. The van der Waals surface area contributed by atoms with Crippen LogP contribution in [0.4, 0.5) is 9.18 Å². The maximum absolute atomic E-state index is 13.6. The summed E-state index contributed by atoms with van der Waals surface area (Å²) < 4.78 is 13.6. The summed E-state index contributed by atoms with van der Waals surface area (Å²) in [5, 5.41) is 12.7. The predicted molar refractivity (Wildman–Crippen MR) is 91.7 cm³/mol. The van der Waals surface area contributed by atoms with Gasteiger partial charge in [0.1, 0.15) is 11.9 Å². The third kappa shape index (κ3) is 3.40. The number of urea groups is 1. The van der Waals surface area contributed by atoms with Gasteiger partial charge in [-0.15, -0.1) is 0 Å². The molecule has 3 N–H and O–H groups in total. The summed E-state index contributed by atoms with van der Waals surface area (Å²) in [4.78, 5) is 26.4. The number of rotatable bonds is 4. The van der Waals surface area contributed by atoms with Crippen LogP contribution in [0.3, 0.4) is 0 Å². The number of aromatic amines is 1. The minimum atomic E-state index is -0.844. The Balaban J connectivity index is 1.46. The quantitative estimate of drug-likeness (QED) is 0.779. The standard InChI is InChI=1S/C18H20FN5O2/c19-13-3-1-2-12(8-13)16-17(25)20-6-7-24(16)18(26)21-10-14-9-15(23-22-14)11-4-5-11/h1-3,8-9,11,16H,4-7,10H2,(H,20,25)(H,21,26)(H,22,23)/t16-/m0/s1. The Labute approximate surface area is 150 Å². The van der Waals surface area contributed by atoms with E-state index >= 15 is 0 Å². The molecule has 2 aromatic rings. The molecular weight excluding hydrogens is 337 g/mol. The zero-order valence-electron chi connectivity index (χ0n) is 14.2. The predicted octanol–water partition coefficient (Wildman–Crippen LogP) is 1.81. The Kier molecular flexibility index (Phi) is 4.32. The summed E-state index contributed by atoms with van der Waals surface area (Å²) >= 11 is 0. The average Bonchev–Trinajstić information content (AvgIpc) is 3.38. The summed E-state index contributed by atoms with van der Waals surface area (Å²) in [5.74, 6) is -0.209. The number of aromatic nitrogens is 2. The number of nitrogens with one attached hydrogen (secondary N) is 3. The largest absolute Gasteiger partial charge is 0.352 e. The van der Waals surface area contributed by atoms with Gasteiger partial charge in [-0.3, -0.25) is 9.89 Å². The van der Waals surface area contributed by atoms with E-state index in [0.717, 1.165) is 24.2 Å². The van der Waals surface area contributed by atoms with Crippen LogP contribution in [0.15, 0.2) is 30.3 Å². The molecule has 1 atom stereocenters. The maximum Gasteiger partial charge on any atom is 0.318 e. The molecule has 1 saturated heterocycles. The van der Waals surface area contributed by atoms with E-state index in [0.29, 0.717) is 31.1 Å². The molecule has 8 heteroatoms. The van der Waals surface area contributed by atoms with E-state index in [1.807, 2.05) is 6.07 Å². The first-order valence-corrected chi connectivity index (χ1v) is 8.73. The fourth-order valence-electron chi connectivity index (χ4n) is 3.22. The van der Waals surface area contributed by atoms with Gasteiger partial charge in [0.25, 0.3) is 0 Å². The van der Waals surface area contributed by atoms with Crippen LogP contribution in [0.2, 0.25) is 0 Å². The summed E-state index contributed by atoms with van der Waals surface area (Å²) in [5.41, 5.74) is 2.31. The van der Waals surface area contributed by atoms with E-state index in [2.05, 4.69) is 20.8 Å². The first kappa shape index (κ1) is 16.6. The monoisotopic (exact) mass is 357 g/mol. The van der Waals surface area contributed by atoms with Crippen molar-refractivity contribution in [2.45, 2.75) is 31.3 Å². The van der Waals surface area contributed by atoms with E-state index in [1.54, 1.807) is 6.07 Å². The number of benzene rings is 1. The zero-order chi connectivity index (χ0) is 18.1. The van der Waals surface area contributed by atoms with E-state index in [-0.39, 0.29) is 11.9 Å². The Morgan fingerprint density at radius 3 is 2.96 bits per heavy atom. The van der Waals surface area contributed by atoms with Crippen molar-refractivity contribution >= 4 is 11.9 Å². The summed E-state index contributed by atoms with van der Waals surface area (Å²) in [6.07, 6.45) is 2.32. The smallest absolute Gasteiger partial charge is 0.318 e. The number of hydrogen-bond acceptors (Lipinski definition) is 3. The maximum atomic E-state index is 13.6. The Bertz CT molecular complexity index is 832. The van der Waals surface area contributed by atoms with Crippen LogP contribution in [0.5, 0.6) is 0 Å². The minimum absolute atomic E-state index is 0.298. The van der Waals surface area contributed by atoms with Crippen molar-refractivity contribution in [3.05, 3.63) is 53.1 Å². The van der Waals surface area contributed by atoms with Crippen molar-refractivity contribution in [3.63, 3.8) is 0 Å². The van der Waals surface area contributed by atoms with Gasteiger partial charge < -0.3 is 15.5 Å². The lowest BCUT2D eigenvalue weighted by molar-refractivity contribution is -0.127. The van der Waals surface area contributed by atoms with E-state index in [1.165, 1.54) is 23.1 Å². The van der Waals surface area contributed by atoms with Crippen molar-refractivity contribution < 1.29 is 14.0 Å². The number of halogens is 1. The molecule has 0 radical (unpaired) electrons.